The highest BCUT2D eigenvalue weighted by Gasteiger charge is 2.22. The van der Waals surface area contributed by atoms with E-state index in [0.717, 1.165) is 11.8 Å². The van der Waals surface area contributed by atoms with Crippen LogP contribution in [0.5, 0.6) is 0 Å². The van der Waals surface area contributed by atoms with Crippen molar-refractivity contribution in [1.29, 1.82) is 0 Å². The van der Waals surface area contributed by atoms with Crippen LogP contribution in [0.15, 0.2) is 17.5 Å². The van der Waals surface area contributed by atoms with Gasteiger partial charge in [0.2, 0.25) is 0 Å². The molecule has 0 N–H and O–H groups in total. The minimum atomic E-state index is 0.890. The van der Waals surface area contributed by atoms with Gasteiger partial charge in [-0.1, -0.05) is 51.5 Å². The van der Waals surface area contributed by atoms with E-state index in [2.05, 4.69) is 24.4 Å². The predicted molar refractivity (Wildman–Crippen MR) is 82.4 cm³/mol. The highest BCUT2D eigenvalue weighted by Crippen LogP contribution is 2.39. The van der Waals surface area contributed by atoms with Crippen molar-refractivity contribution < 1.29 is 0 Å². The van der Waals surface area contributed by atoms with Crippen molar-refractivity contribution in [1.82, 2.24) is 0 Å². The first-order chi connectivity index (χ1) is 8.90. The number of hydrogen-bond acceptors (Lipinski definition) is 1. The minimum Gasteiger partial charge on any atom is -0.149 e. The summed E-state index contributed by atoms with van der Waals surface area (Å²) < 4.78 is 0. The molecule has 0 unspecified atom stereocenters. The average molecular weight is 264 g/mol. The summed E-state index contributed by atoms with van der Waals surface area (Å²) in [5, 5.41) is 2.23. The molecule has 1 heteroatoms. The van der Waals surface area contributed by atoms with Gasteiger partial charge >= 0.3 is 0 Å². The van der Waals surface area contributed by atoms with Gasteiger partial charge in [0.15, 0.2) is 0 Å². The monoisotopic (exact) mass is 264 g/mol. The van der Waals surface area contributed by atoms with Gasteiger partial charge in [-0.25, -0.2) is 0 Å². The fraction of sp³-hybridized carbons (Fsp3) is 0.765. The van der Waals surface area contributed by atoms with Crippen molar-refractivity contribution in [2.45, 2.75) is 77.0 Å². The van der Waals surface area contributed by atoms with Gasteiger partial charge in [-0.2, -0.15) is 0 Å². The van der Waals surface area contributed by atoms with Gasteiger partial charge in [0.25, 0.3) is 0 Å². The second kappa shape index (κ2) is 7.99. The van der Waals surface area contributed by atoms with Gasteiger partial charge in [0.05, 0.1) is 0 Å². The van der Waals surface area contributed by atoms with Crippen LogP contribution in [-0.4, -0.2) is 0 Å². The third kappa shape index (κ3) is 4.42. The van der Waals surface area contributed by atoms with E-state index in [4.69, 9.17) is 0 Å². The van der Waals surface area contributed by atoms with Crippen LogP contribution in [0.4, 0.5) is 0 Å². The van der Waals surface area contributed by atoms with Crippen molar-refractivity contribution in [3.05, 3.63) is 22.4 Å². The van der Waals surface area contributed by atoms with Crippen molar-refractivity contribution in [2.24, 2.45) is 5.92 Å². The summed E-state index contributed by atoms with van der Waals surface area (Å²) in [4.78, 5) is 1.64. The van der Waals surface area contributed by atoms with Crippen LogP contribution >= 0.6 is 11.3 Å². The summed E-state index contributed by atoms with van der Waals surface area (Å²) >= 11 is 1.96. The fourth-order valence-corrected chi connectivity index (χ4v) is 4.20. The van der Waals surface area contributed by atoms with Crippen LogP contribution in [0.25, 0.3) is 0 Å². The summed E-state index contributed by atoms with van der Waals surface area (Å²) in [6, 6.07) is 4.54. The van der Waals surface area contributed by atoms with E-state index in [0.29, 0.717) is 0 Å². The molecule has 1 fully saturated rings. The van der Waals surface area contributed by atoms with Gasteiger partial charge in [0, 0.05) is 4.88 Å². The minimum absolute atomic E-state index is 0.890. The van der Waals surface area contributed by atoms with Gasteiger partial charge in [-0.05, 0) is 49.0 Å². The maximum absolute atomic E-state index is 2.33. The largest absolute Gasteiger partial charge is 0.149 e. The van der Waals surface area contributed by atoms with Gasteiger partial charge in [-0.3, -0.25) is 0 Å². The van der Waals surface area contributed by atoms with E-state index in [1.54, 1.807) is 4.88 Å². The molecule has 0 aliphatic heterocycles. The summed E-state index contributed by atoms with van der Waals surface area (Å²) in [5.41, 5.74) is 0. The number of thiophene rings is 1. The zero-order valence-electron chi connectivity index (χ0n) is 11.9. The van der Waals surface area contributed by atoms with Crippen molar-refractivity contribution in [3.8, 4) is 0 Å². The lowest BCUT2D eigenvalue weighted by molar-refractivity contribution is 0.304. The Hall–Kier alpha value is -0.300. The Labute approximate surface area is 117 Å². The molecule has 0 bridgehead atoms. The molecular formula is C17H28S. The molecule has 0 aromatic carbocycles. The molecular weight excluding hydrogens is 236 g/mol. The van der Waals surface area contributed by atoms with Gasteiger partial charge < -0.3 is 0 Å². The van der Waals surface area contributed by atoms with Gasteiger partial charge in [-0.15, -0.1) is 11.3 Å². The Kier molecular flexibility index (Phi) is 6.26. The fourth-order valence-electron chi connectivity index (χ4n) is 3.30. The highest BCUT2D eigenvalue weighted by atomic mass is 32.1. The first-order valence-electron chi connectivity index (χ1n) is 7.93. The molecule has 1 saturated carbocycles. The second-order valence-corrected chi connectivity index (χ2v) is 6.92. The number of hydrogen-bond donors (Lipinski definition) is 0. The van der Waals surface area contributed by atoms with E-state index < -0.39 is 0 Å². The summed E-state index contributed by atoms with van der Waals surface area (Å²) in [6.07, 6.45) is 14.6. The normalized spacial score (nSPS) is 24.3. The zero-order valence-corrected chi connectivity index (χ0v) is 12.7. The van der Waals surface area contributed by atoms with Crippen LogP contribution in [0.2, 0.25) is 0 Å². The summed E-state index contributed by atoms with van der Waals surface area (Å²) in [5.74, 6) is 1.93. The molecule has 1 heterocycles. The number of rotatable bonds is 7. The molecule has 0 radical (unpaired) electrons. The molecule has 0 amide bonds. The Morgan fingerprint density at radius 1 is 1.06 bits per heavy atom. The van der Waals surface area contributed by atoms with Crippen LogP contribution in [-0.2, 0) is 0 Å². The quantitative estimate of drug-likeness (QED) is 0.501. The molecule has 1 aromatic heterocycles. The van der Waals surface area contributed by atoms with Crippen molar-refractivity contribution in [3.63, 3.8) is 0 Å². The molecule has 1 aromatic rings. The Bertz CT molecular complexity index is 293. The Morgan fingerprint density at radius 2 is 1.83 bits per heavy atom. The van der Waals surface area contributed by atoms with E-state index in [9.17, 15) is 0 Å². The third-order valence-electron chi connectivity index (χ3n) is 4.51. The standard InChI is InChI=1S/C17H28S/c1-2-3-4-5-6-8-15-10-12-16(13-11-15)17-9-7-14-18-17/h7,9,14-16H,2-6,8,10-13H2,1H3. The molecule has 2 rings (SSSR count). The summed E-state index contributed by atoms with van der Waals surface area (Å²) in [6.45, 7) is 2.30. The van der Waals surface area contributed by atoms with Gasteiger partial charge in [0.1, 0.15) is 0 Å². The average Bonchev–Trinajstić information content (AvgIpc) is 2.93. The number of unbranched alkanes of at least 4 members (excludes halogenated alkanes) is 4. The Morgan fingerprint density at radius 3 is 2.50 bits per heavy atom. The molecule has 0 atom stereocenters. The second-order valence-electron chi connectivity index (χ2n) is 5.94. The van der Waals surface area contributed by atoms with Crippen molar-refractivity contribution >= 4 is 11.3 Å². The molecule has 102 valence electrons. The van der Waals surface area contributed by atoms with Crippen LogP contribution in [0.1, 0.15) is 81.9 Å². The van der Waals surface area contributed by atoms with E-state index in [1.165, 1.54) is 64.2 Å². The van der Waals surface area contributed by atoms with Crippen molar-refractivity contribution in [2.75, 3.05) is 0 Å². The van der Waals surface area contributed by atoms with Crippen LogP contribution in [0, 0.1) is 5.92 Å². The molecule has 1 aliphatic carbocycles. The molecule has 18 heavy (non-hydrogen) atoms. The van der Waals surface area contributed by atoms with E-state index in [1.807, 2.05) is 11.3 Å². The lowest BCUT2D eigenvalue weighted by Gasteiger charge is -2.28. The maximum atomic E-state index is 2.33. The molecule has 0 spiro atoms. The topological polar surface area (TPSA) is 0 Å². The highest BCUT2D eigenvalue weighted by molar-refractivity contribution is 7.10. The SMILES string of the molecule is CCCCCCCC1CCC(c2cccs2)CC1. The smallest absolute Gasteiger partial charge is 0.00761 e. The lowest BCUT2D eigenvalue weighted by atomic mass is 9.79. The molecule has 0 saturated heterocycles. The van der Waals surface area contributed by atoms with E-state index in [-0.39, 0.29) is 0 Å². The first-order valence-corrected chi connectivity index (χ1v) is 8.81. The van der Waals surface area contributed by atoms with E-state index >= 15 is 0 Å². The lowest BCUT2D eigenvalue weighted by Crippen LogP contribution is -2.12. The van der Waals surface area contributed by atoms with Crippen LogP contribution < -0.4 is 0 Å². The summed E-state index contributed by atoms with van der Waals surface area (Å²) in [7, 11) is 0. The predicted octanol–water partition coefficient (Wildman–Crippen LogP) is 6.38. The maximum Gasteiger partial charge on any atom is 0.00761 e. The molecule has 0 nitrogen and oxygen atoms in total. The first kappa shape index (κ1) is 14.1. The molecule has 1 aliphatic rings. The Balaban J connectivity index is 1.59. The zero-order chi connectivity index (χ0) is 12.6. The third-order valence-corrected chi connectivity index (χ3v) is 5.54. The van der Waals surface area contributed by atoms with Crippen LogP contribution in [0.3, 0.4) is 0 Å².